The highest BCUT2D eigenvalue weighted by Crippen LogP contribution is 2.29. The molecule has 3 aromatic rings. The van der Waals surface area contributed by atoms with Gasteiger partial charge in [-0.3, -0.25) is 13.7 Å². The minimum atomic E-state index is -4.47. The number of hydrogen-bond acceptors (Lipinski definition) is 14. The van der Waals surface area contributed by atoms with E-state index in [9.17, 15) is 29.8 Å². The molecule has 20 heteroatoms. The predicted molar refractivity (Wildman–Crippen MR) is 150 cm³/mol. The van der Waals surface area contributed by atoms with Gasteiger partial charge in [-0.05, 0) is 48.6 Å². The van der Waals surface area contributed by atoms with E-state index in [0.717, 1.165) is 6.07 Å². The second kappa shape index (κ2) is 12.9. The van der Waals surface area contributed by atoms with Crippen LogP contribution >= 0.6 is 11.8 Å². The zero-order valence-corrected chi connectivity index (χ0v) is 23.7. The van der Waals surface area contributed by atoms with Gasteiger partial charge in [-0.1, -0.05) is 6.07 Å². The quantitative estimate of drug-likeness (QED) is 0.0576. The van der Waals surface area contributed by atoms with Crippen LogP contribution in [0.15, 0.2) is 52.3 Å². The van der Waals surface area contributed by atoms with Crippen molar-refractivity contribution >= 4 is 77.0 Å². The van der Waals surface area contributed by atoms with Crippen molar-refractivity contribution in [2.75, 3.05) is 45.5 Å². The Morgan fingerprint density at radius 1 is 0.775 bits per heavy atom. The van der Waals surface area contributed by atoms with Crippen molar-refractivity contribution in [1.82, 2.24) is 15.0 Å². The summed E-state index contributed by atoms with van der Waals surface area (Å²) in [6, 6.07) is 10.1. The van der Waals surface area contributed by atoms with E-state index in [4.69, 9.17) is 14.8 Å². The Bertz CT molecular complexity index is 1690. The molecule has 0 bridgehead atoms. The molecule has 0 fully saturated rings. The number of nitrogens with zero attached hydrogens (tertiary/aromatic N) is 3. The van der Waals surface area contributed by atoms with Crippen molar-refractivity contribution in [3.63, 3.8) is 0 Å². The van der Waals surface area contributed by atoms with E-state index in [-0.39, 0.29) is 47.1 Å². The van der Waals surface area contributed by atoms with Crippen LogP contribution in [0.5, 0.6) is 0 Å². The van der Waals surface area contributed by atoms with Crippen molar-refractivity contribution < 1.29 is 38.9 Å². The Labute approximate surface area is 234 Å². The summed E-state index contributed by atoms with van der Waals surface area (Å²) in [6.45, 7) is -0.240. The lowest BCUT2D eigenvalue weighted by Crippen LogP contribution is -2.17. The fourth-order valence-electron chi connectivity index (χ4n) is 3.03. The Kier molecular flexibility index (Phi) is 10.1. The van der Waals surface area contributed by atoms with Crippen molar-refractivity contribution in [3.8, 4) is 0 Å². The van der Waals surface area contributed by atoms with Gasteiger partial charge in [0.1, 0.15) is 0 Å². The normalized spacial score (nSPS) is 12.2. The fraction of sp³-hybridized carbons (Fsp3) is 0.250. The third kappa shape index (κ3) is 10.7. The highest BCUT2D eigenvalue weighted by atomic mass is 32.2. The van der Waals surface area contributed by atoms with Crippen molar-refractivity contribution in [1.29, 1.82) is 0 Å². The first-order valence-electron chi connectivity index (χ1n) is 11.1. The summed E-state index contributed by atoms with van der Waals surface area (Å²) >= 11 is 1.30. The average molecular weight is 636 g/mol. The highest BCUT2D eigenvalue weighted by molar-refractivity contribution is 7.99. The predicted octanol–water partition coefficient (Wildman–Crippen LogP) is 1.86. The molecule has 16 nitrogen and oxygen atoms in total. The molecule has 0 aliphatic rings. The SMILES string of the molecule is Nc1cc(Nc2nc(NCCS(=O)(=O)O)nc(Nc3cccc(S(=O)(=O)O)c3)n2)ccc1SCCCS(=O)(=O)O. The van der Waals surface area contributed by atoms with Gasteiger partial charge in [0.2, 0.25) is 17.8 Å². The van der Waals surface area contributed by atoms with Gasteiger partial charge in [0, 0.05) is 28.5 Å². The van der Waals surface area contributed by atoms with Gasteiger partial charge in [-0.25, -0.2) is 0 Å². The molecule has 3 rings (SSSR count). The van der Waals surface area contributed by atoms with Crippen LogP contribution in [0.1, 0.15) is 6.42 Å². The standard InChI is InChI=1S/C20H25N7O9S4/c21-16-12-14(5-6-17(16)37-8-2-9-38(28,29)30)24-20-26-18(22-7-10-39(31,32)33)25-19(27-20)23-13-3-1-4-15(11-13)40(34,35)36/h1,3-6,11-12H,2,7-10,21H2,(H,28,29,30)(H,31,32,33)(H,34,35,36)(H3,22,23,24,25,26,27). The number of nitrogens with one attached hydrogen (secondary N) is 3. The number of rotatable bonds is 14. The second-order valence-electron chi connectivity index (χ2n) is 8.01. The number of nitrogens with two attached hydrogens (primary N) is 1. The Morgan fingerprint density at radius 2 is 1.38 bits per heavy atom. The van der Waals surface area contributed by atoms with Gasteiger partial charge in [0.25, 0.3) is 30.4 Å². The maximum Gasteiger partial charge on any atom is 0.294 e. The molecule has 1 heterocycles. The molecule has 0 aliphatic carbocycles. The topological polar surface area (TPSA) is 264 Å². The van der Waals surface area contributed by atoms with Gasteiger partial charge < -0.3 is 21.7 Å². The van der Waals surface area contributed by atoms with Crippen molar-refractivity contribution in [2.45, 2.75) is 16.2 Å². The molecule has 8 N–H and O–H groups in total. The van der Waals surface area contributed by atoms with Crippen LogP contribution in [0.4, 0.5) is 34.9 Å². The summed E-state index contributed by atoms with van der Waals surface area (Å²) in [5.41, 5.74) is 7.13. The lowest BCUT2D eigenvalue weighted by Gasteiger charge is -2.13. The molecule has 0 saturated heterocycles. The molecule has 1 aromatic heterocycles. The number of nitrogen functional groups attached to an aromatic ring is 1. The van der Waals surface area contributed by atoms with Crippen molar-refractivity contribution in [2.24, 2.45) is 0 Å². The molecule has 0 atom stereocenters. The lowest BCUT2D eigenvalue weighted by molar-refractivity contribution is 0.480. The number of aromatic nitrogens is 3. The molecule has 0 spiro atoms. The highest BCUT2D eigenvalue weighted by Gasteiger charge is 2.13. The third-order valence-electron chi connectivity index (χ3n) is 4.74. The minimum Gasteiger partial charge on any atom is -0.398 e. The molecule has 40 heavy (non-hydrogen) atoms. The Balaban J connectivity index is 1.81. The number of benzene rings is 2. The van der Waals surface area contributed by atoms with E-state index < -0.39 is 36.1 Å². The van der Waals surface area contributed by atoms with Gasteiger partial charge in [-0.15, -0.1) is 11.8 Å². The average Bonchev–Trinajstić information content (AvgIpc) is 2.81. The van der Waals surface area contributed by atoms with Gasteiger partial charge >= 0.3 is 0 Å². The molecule has 0 unspecified atom stereocenters. The molecular weight excluding hydrogens is 611 g/mol. The van der Waals surface area contributed by atoms with Crippen LogP contribution in [0.2, 0.25) is 0 Å². The molecular formula is C20H25N7O9S4. The summed E-state index contributed by atoms with van der Waals surface area (Å²) in [4.78, 5) is 12.8. The van der Waals surface area contributed by atoms with E-state index >= 15 is 0 Å². The molecule has 0 saturated carbocycles. The fourth-order valence-corrected chi connectivity index (χ4v) is 5.51. The molecule has 0 aliphatic heterocycles. The van der Waals surface area contributed by atoms with Gasteiger partial charge in [0.05, 0.1) is 16.4 Å². The van der Waals surface area contributed by atoms with E-state index in [1.807, 2.05) is 0 Å². The lowest BCUT2D eigenvalue weighted by atomic mass is 10.3. The van der Waals surface area contributed by atoms with E-state index in [0.29, 0.717) is 22.0 Å². The van der Waals surface area contributed by atoms with Gasteiger partial charge in [-0.2, -0.15) is 40.2 Å². The zero-order valence-electron chi connectivity index (χ0n) is 20.4. The maximum absolute atomic E-state index is 11.5. The number of hydrogen-bond donors (Lipinski definition) is 7. The van der Waals surface area contributed by atoms with Crippen LogP contribution in [0, 0.1) is 0 Å². The third-order valence-corrected chi connectivity index (χ3v) is 8.29. The number of thioether (sulfide) groups is 1. The molecule has 0 amide bonds. The van der Waals surface area contributed by atoms with E-state index in [2.05, 4.69) is 30.9 Å². The maximum atomic E-state index is 11.5. The van der Waals surface area contributed by atoms with Crippen LogP contribution in [-0.4, -0.2) is 77.7 Å². The van der Waals surface area contributed by atoms with Crippen LogP contribution < -0.4 is 21.7 Å². The molecule has 218 valence electrons. The van der Waals surface area contributed by atoms with Crippen LogP contribution in [0.3, 0.4) is 0 Å². The second-order valence-corrected chi connectivity index (χ2v) is 13.7. The molecule has 0 radical (unpaired) electrons. The first-order valence-corrected chi connectivity index (χ1v) is 16.8. The smallest absolute Gasteiger partial charge is 0.294 e. The Hall–Kier alpha value is -3.27. The minimum absolute atomic E-state index is 0.0225. The summed E-state index contributed by atoms with van der Waals surface area (Å²) < 4.78 is 93.8. The summed E-state index contributed by atoms with van der Waals surface area (Å²) in [7, 11) is -12.8. The number of anilines is 6. The summed E-state index contributed by atoms with van der Waals surface area (Å²) in [6.07, 6.45) is 0.226. The molecule has 2 aromatic carbocycles. The van der Waals surface area contributed by atoms with Crippen LogP contribution in [0.25, 0.3) is 0 Å². The summed E-state index contributed by atoms with van der Waals surface area (Å²) in [5, 5.41) is 8.34. The van der Waals surface area contributed by atoms with Gasteiger partial charge in [0.15, 0.2) is 0 Å². The first kappa shape index (κ1) is 31.3. The van der Waals surface area contributed by atoms with Crippen molar-refractivity contribution in [3.05, 3.63) is 42.5 Å². The largest absolute Gasteiger partial charge is 0.398 e. The first-order chi connectivity index (χ1) is 18.6. The van der Waals surface area contributed by atoms with Crippen LogP contribution in [-0.2, 0) is 30.4 Å². The zero-order chi connectivity index (χ0) is 29.6. The van der Waals surface area contributed by atoms with E-state index in [1.165, 1.54) is 30.0 Å². The monoisotopic (exact) mass is 635 g/mol. The van der Waals surface area contributed by atoms with E-state index in [1.54, 1.807) is 18.2 Å². The summed E-state index contributed by atoms with van der Waals surface area (Å²) in [5.74, 6) is -0.787. The Morgan fingerprint density at radius 3 is 1.95 bits per heavy atom.